The van der Waals surface area contributed by atoms with Crippen molar-refractivity contribution < 1.29 is 23.1 Å². The normalized spacial score (nSPS) is 12.1. The maximum atomic E-state index is 12.9. The molecule has 8 heteroatoms. The number of fused-ring (bicyclic) bond motifs is 1. The number of carboxylic acids is 1. The predicted octanol–water partition coefficient (Wildman–Crippen LogP) is 2.70. The summed E-state index contributed by atoms with van der Waals surface area (Å²) in [6, 6.07) is 2.78. The zero-order valence-electron chi connectivity index (χ0n) is 12.5. The standard InChI is InChI=1S/C15H15F3N2O3/c1-8(2)5-12-11-6-9(15(16,17)18)3-4-10(11)14(23)20(19-12)7-13(21)22/h3-4,6,8H,5,7H2,1-2H3,(H,21,22). The number of carboxylic acid groups (broad SMARTS) is 1. The number of nitrogens with zero attached hydrogens (tertiary/aromatic N) is 2. The van der Waals surface area contributed by atoms with E-state index in [0.717, 1.165) is 22.9 Å². The number of halogens is 3. The van der Waals surface area contributed by atoms with Crippen LogP contribution in [-0.2, 0) is 23.9 Å². The van der Waals surface area contributed by atoms with Gasteiger partial charge in [-0.3, -0.25) is 9.59 Å². The minimum Gasteiger partial charge on any atom is -0.480 e. The van der Waals surface area contributed by atoms with Gasteiger partial charge in [0.2, 0.25) is 0 Å². The lowest BCUT2D eigenvalue weighted by molar-refractivity contribution is -0.138. The summed E-state index contributed by atoms with van der Waals surface area (Å²) in [5.74, 6) is -1.17. The molecule has 0 aliphatic heterocycles. The van der Waals surface area contributed by atoms with Crippen LogP contribution in [0, 0.1) is 5.92 Å². The van der Waals surface area contributed by atoms with Crippen molar-refractivity contribution in [3.05, 3.63) is 39.8 Å². The van der Waals surface area contributed by atoms with Gasteiger partial charge in [0.05, 0.1) is 16.6 Å². The van der Waals surface area contributed by atoms with E-state index in [0.29, 0.717) is 6.42 Å². The molecule has 0 fully saturated rings. The molecule has 2 rings (SSSR count). The molecule has 1 heterocycles. The third kappa shape index (κ3) is 3.69. The Morgan fingerprint density at radius 1 is 1.30 bits per heavy atom. The van der Waals surface area contributed by atoms with Crippen molar-refractivity contribution in [3.63, 3.8) is 0 Å². The van der Waals surface area contributed by atoms with Crippen molar-refractivity contribution in [3.8, 4) is 0 Å². The number of aliphatic carboxylic acids is 1. The van der Waals surface area contributed by atoms with Crippen molar-refractivity contribution >= 4 is 16.7 Å². The van der Waals surface area contributed by atoms with Gasteiger partial charge in [0.15, 0.2) is 0 Å². The van der Waals surface area contributed by atoms with Gasteiger partial charge in [0.25, 0.3) is 5.56 Å². The average Bonchev–Trinajstić information content (AvgIpc) is 2.41. The van der Waals surface area contributed by atoms with E-state index in [4.69, 9.17) is 5.11 Å². The van der Waals surface area contributed by atoms with Crippen LogP contribution < -0.4 is 5.56 Å². The molecule has 0 atom stereocenters. The first kappa shape index (κ1) is 17.0. The molecule has 0 saturated heterocycles. The van der Waals surface area contributed by atoms with E-state index in [1.54, 1.807) is 0 Å². The number of hydrogen-bond donors (Lipinski definition) is 1. The molecule has 23 heavy (non-hydrogen) atoms. The molecule has 0 bridgehead atoms. The largest absolute Gasteiger partial charge is 0.480 e. The summed E-state index contributed by atoms with van der Waals surface area (Å²) in [4.78, 5) is 23.0. The Balaban J connectivity index is 2.76. The maximum Gasteiger partial charge on any atom is 0.416 e. The molecule has 0 saturated carbocycles. The highest BCUT2D eigenvalue weighted by atomic mass is 19.4. The Hall–Kier alpha value is -2.38. The molecule has 0 amide bonds. The van der Waals surface area contributed by atoms with Gasteiger partial charge in [-0.1, -0.05) is 13.8 Å². The first-order valence-electron chi connectivity index (χ1n) is 6.92. The van der Waals surface area contributed by atoms with Crippen LogP contribution in [0.1, 0.15) is 25.1 Å². The smallest absolute Gasteiger partial charge is 0.416 e. The summed E-state index contributed by atoms with van der Waals surface area (Å²) in [7, 11) is 0. The van der Waals surface area contributed by atoms with E-state index in [1.165, 1.54) is 0 Å². The van der Waals surface area contributed by atoms with Gasteiger partial charge in [-0.15, -0.1) is 0 Å². The minimum atomic E-state index is -4.53. The Labute approximate surface area is 129 Å². The number of benzene rings is 1. The number of rotatable bonds is 4. The summed E-state index contributed by atoms with van der Waals surface area (Å²) in [5, 5.41) is 12.9. The van der Waals surface area contributed by atoms with Gasteiger partial charge >= 0.3 is 12.1 Å². The second kappa shape index (κ2) is 6.02. The van der Waals surface area contributed by atoms with E-state index < -0.39 is 29.8 Å². The summed E-state index contributed by atoms with van der Waals surface area (Å²) in [5.41, 5.74) is -1.31. The van der Waals surface area contributed by atoms with Crippen molar-refractivity contribution in [1.29, 1.82) is 0 Å². The Bertz CT molecular complexity index is 810. The van der Waals surface area contributed by atoms with Crippen LogP contribution in [0.5, 0.6) is 0 Å². The Morgan fingerprint density at radius 3 is 2.48 bits per heavy atom. The zero-order valence-corrected chi connectivity index (χ0v) is 12.5. The topological polar surface area (TPSA) is 72.2 Å². The SMILES string of the molecule is CC(C)Cc1nn(CC(=O)O)c(=O)c2ccc(C(F)(F)F)cc12. The summed E-state index contributed by atoms with van der Waals surface area (Å²) >= 11 is 0. The molecule has 0 aliphatic rings. The molecule has 1 aromatic carbocycles. The van der Waals surface area contributed by atoms with Crippen molar-refractivity contribution in [1.82, 2.24) is 9.78 Å². The molecule has 0 unspecified atom stereocenters. The van der Waals surface area contributed by atoms with E-state index in [-0.39, 0.29) is 22.4 Å². The first-order valence-corrected chi connectivity index (χ1v) is 6.92. The monoisotopic (exact) mass is 328 g/mol. The van der Waals surface area contributed by atoms with Crippen LogP contribution in [-0.4, -0.2) is 20.9 Å². The highest BCUT2D eigenvalue weighted by Gasteiger charge is 2.31. The van der Waals surface area contributed by atoms with Crippen LogP contribution in [0.15, 0.2) is 23.0 Å². The number of carbonyl (C=O) groups is 1. The molecule has 2 aromatic rings. The highest BCUT2D eigenvalue weighted by molar-refractivity contribution is 5.84. The molecule has 0 spiro atoms. The van der Waals surface area contributed by atoms with Gasteiger partial charge < -0.3 is 5.11 Å². The number of alkyl halides is 3. The van der Waals surface area contributed by atoms with Crippen LogP contribution >= 0.6 is 0 Å². The summed E-state index contributed by atoms with van der Waals surface area (Å²) in [6.07, 6.45) is -4.20. The van der Waals surface area contributed by atoms with Crippen LogP contribution in [0.3, 0.4) is 0 Å². The molecular weight excluding hydrogens is 313 g/mol. The van der Waals surface area contributed by atoms with E-state index in [9.17, 15) is 22.8 Å². The van der Waals surface area contributed by atoms with Gasteiger partial charge in [0.1, 0.15) is 6.54 Å². The summed E-state index contributed by atoms with van der Waals surface area (Å²) < 4.78 is 39.4. The van der Waals surface area contributed by atoms with Gasteiger partial charge in [0, 0.05) is 5.39 Å². The van der Waals surface area contributed by atoms with Gasteiger partial charge in [-0.05, 0) is 30.5 Å². The molecule has 124 valence electrons. The van der Waals surface area contributed by atoms with Crippen LogP contribution in [0.25, 0.3) is 10.8 Å². The molecule has 1 N–H and O–H groups in total. The molecular formula is C15H15F3N2O3. The van der Waals surface area contributed by atoms with Crippen LogP contribution in [0.2, 0.25) is 0 Å². The van der Waals surface area contributed by atoms with Crippen molar-refractivity contribution in [2.24, 2.45) is 5.92 Å². The second-order valence-corrected chi connectivity index (χ2v) is 5.66. The average molecular weight is 328 g/mol. The number of hydrogen-bond acceptors (Lipinski definition) is 3. The lowest BCUT2D eigenvalue weighted by Gasteiger charge is -2.13. The molecule has 5 nitrogen and oxygen atoms in total. The lowest BCUT2D eigenvalue weighted by Crippen LogP contribution is -2.28. The van der Waals surface area contributed by atoms with Gasteiger partial charge in [-0.25, -0.2) is 4.68 Å². The fraction of sp³-hybridized carbons (Fsp3) is 0.400. The fourth-order valence-corrected chi connectivity index (χ4v) is 2.30. The zero-order chi connectivity index (χ0) is 17.4. The van der Waals surface area contributed by atoms with Crippen LogP contribution in [0.4, 0.5) is 13.2 Å². The highest BCUT2D eigenvalue weighted by Crippen LogP contribution is 2.31. The molecule has 1 aromatic heterocycles. The third-order valence-corrected chi connectivity index (χ3v) is 3.25. The quantitative estimate of drug-likeness (QED) is 0.937. The molecule has 0 radical (unpaired) electrons. The van der Waals surface area contributed by atoms with E-state index in [2.05, 4.69) is 5.10 Å². The summed E-state index contributed by atoms with van der Waals surface area (Å²) in [6.45, 7) is 3.07. The Kier molecular flexibility index (Phi) is 4.44. The van der Waals surface area contributed by atoms with Crippen molar-refractivity contribution in [2.75, 3.05) is 0 Å². The van der Waals surface area contributed by atoms with E-state index >= 15 is 0 Å². The third-order valence-electron chi connectivity index (χ3n) is 3.25. The first-order chi connectivity index (χ1) is 10.6. The minimum absolute atomic E-state index is 0.0323. The number of aromatic nitrogens is 2. The molecule has 0 aliphatic carbocycles. The lowest BCUT2D eigenvalue weighted by atomic mass is 10.0. The predicted molar refractivity (Wildman–Crippen MR) is 77.2 cm³/mol. The maximum absolute atomic E-state index is 12.9. The van der Waals surface area contributed by atoms with Crippen molar-refractivity contribution in [2.45, 2.75) is 33.0 Å². The Morgan fingerprint density at radius 2 is 1.96 bits per heavy atom. The second-order valence-electron chi connectivity index (χ2n) is 5.66. The van der Waals surface area contributed by atoms with E-state index in [1.807, 2.05) is 13.8 Å². The van der Waals surface area contributed by atoms with Gasteiger partial charge in [-0.2, -0.15) is 18.3 Å². The fourth-order valence-electron chi connectivity index (χ4n) is 2.30.